The van der Waals surface area contributed by atoms with Crippen LogP contribution in [-0.4, -0.2) is 4.98 Å². The summed E-state index contributed by atoms with van der Waals surface area (Å²) >= 11 is 1.68. The highest BCUT2D eigenvalue weighted by Gasteiger charge is 2.15. The van der Waals surface area contributed by atoms with Crippen molar-refractivity contribution in [2.24, 2.45) is 5.73 Å². The van der Waals surface area contributed by atoms with Crippen molar-refractivity contribution in [3.05, 3.63) is 40.5 Å². The monoisotopic (exact) mass is 260 g/mol. The van der Waals surface area contributed by atoms with Crippen LogP contribution in [0.2, 0.25) is 0 Å². The number of thiazole rings is 1. The van der Waals surface area contributed by atoms with Gasteiger partial charge in [0.2, 0.25) is 0 Å². The molecule has 2 N–H and O–H groups in total. The zero-order valence-electron chi connectivity index (χ0n) is 11.4. The summed E-state index contributed by atoms with van der Waals surface area (Å²) in [7, 11) is 0. The van der Waals surface area contributed by atoms with Crippen LogP contribution >= 0.6 is 11.3 Å². The Balaban J connectivity index is 2.41. The first-order valence-electron chi connectivity index (χ1n) is 6.18. The van der Waals surface area contributed by atoms with Crippen molar-refractivity contribution in [1.82, 2.24) is 4.98 Å². The molecule has 0 bridgehead atoms. The molecule has 0 unspecified atom stereocenters. The van der Waals surface area contributed by atoms with Crippen molar-refractivity contribution in [3.8, 4) is 10.4 Å². The van der Waals surface area contributed by atoms with Crippen LogP contribution in [0, 0.1) is 6.92 Å². The maximum absolute atomic E-state index is 5.61. The van der Waals surface area contributed by atoms with E-state index in [1.165, 1.54) is 21.6 Å². The van der Waals surface area contributed by atoms with E-state index in [4.69, 9.17) is 5.73 Å². The van der Waals surface area contributed by atoms with Gasteiger partial charge in [-0.1, -0.05) is 39.0 Å². The molecule has 3 heteroatoms. The van der Waals surface area contributed by atoms with Gasteiger partial charge >= 0.3 is 0 Å². The van der Waals surface area contributed by atoms with Crippen molar-refractivity contribution >= 4 is 11.3 Å². The summed E-state index contributed by atoms with van der Waals surface area (Å²) in [5.41, 5.74) is 9.73. The summed E-state index contributed by atoms with van der Waals surface area (Å²) in [6.45, 7) is 9.39. The first kappa shape index (κ1) is 13.2. The van der Waals surface area contributed by atoms with E-state index in [2.05, 4.69) is 50.9 Å². The molecule has 2 aromatic rings. The van der Waals surface area contributed by atoms with E-state index in [0.717, 1.165) is 5.01 Å². The lowest BCUT2D eigenvalue weighted by Crippen LogP contribution is -2.11. The quantitative estimate of drug-likeness (QED) is 0.890. The molecule has 2 nitrogen and oxygen atoms in total. The largest absolute Gasteiger partial charge is 0.325 e. The lowest BCUT2D eigenvalue weighted by atomic mass is 9.85. The highest BCUT2D eigenvalue weighted by Crippen LogP contribution is 2.32. The Kier molecular flexibility index (Phi) is 3.55. The van der Waals surface area contributed by atoms with E-state index >= 15 is 0 Å². The molecule has 0 aliphatic heterocycles. The molecule has 0 saturated heterocycles. The van der Waals surface area contributed by atoms with Gasteiger partial charge in [0.25, 0.3) is 0 Å². The van der Waals surface area contributed by atoms with Gasteiger partial charge < -0.3 is 5.73 Å². The third-order valence-corrected chi connectivity index (χ3v) is 4.14. The van der Waals surface area contributed by atoms with Crippen molar-refractivity contribution in [2.45, 2.75) is 39.7 Å². The van der Waals surface area contributed by atoms with Crippen LogP contribution in [0.25, 0.3) is 10.4 Å². The van der Waals surface area contributed by atoms with E-state index < -0.39 is 0 Å². The van der Waals surface area contributed by atoms with E-state index in [1.54, 1.807) is 11.3 Å². The van der Waals surface area contributed by atoms with Gasteiger partial charge in [-0.25, -0.2) is 4.98 Å². The van der Waals surface area contributed by atoms with Gasteiger partial charge in [0.05, 0.1) is 4.88 Å². The summed E-state index contributed by atoms with van der Waals surface area (Å²) in [6, 6.07) is 6.69. The fourth-order valence-corrected chi connectivity index (χ4v) is 2.82. The number of aryl methyl sites for hydroxylation is 1. The van der Waals surface area contributed by atoms with Gasteiger partial charge in [-0.15, -0.1) is 11.3 Å². The zero-order valence-corrected chi connectivity index (χ0v) is 12.3. The van der Waals surface area contributed by atoms with E-state index in [0.29, 0.717) is 6.54 Å². The number of rotatable bonds is 2. The first-order valence-corrected chi connectivity index (χ1v) is 7.00. The SMILES string of the molecule is Cc1cc(C(C)(C)C)ccc1-c1cnc(CN)s1. The normalized spacial score (nSPS) is 11.8. The summed E-state index contributed by atoms with van der Waals surface area (Å²) in [5.74, 6) is 0. The van der Waals surface area contributed by atoms with E-state index in [9.17, 15) is 0 Å². The Bertz CT molecular complexity index is 550. The Morgan fingerprint density at radius 1 is 1.28 bits per heavy atom. The van der Waals surface area contributed by atoms with Crippen molar-refractivity contribution in [3.63, 3.8) is 0 Å². The molecule has 0 fully saturated rings. The molecule has 0 amide bonds. The number of hydrogen-bond donors (Lipinski definition) is 1. The molecule has 0 spiro atoms. The van der Waals surface area contributed by atoms with E-state index in [1.807, 2.05) is 6.20 Å². The molecule has 1 aromatic heterocycles. The third-order valence-electron chi connectivity index (χ3n) is 3.09. The summed E-state index contributed by atoms with van der Waals surface area (Å²) in [5, 5.41) is 0.990. The minimum atomic E-state index is 0.194. The molecule has 18 heavy (non-hydrogen) atoms. The zero-order chi connectivity index (χ0) is 13.3. The number of benzene rings is 1. The van der Waals surface area contributed by atoms with Crippen molar-refractivity contribution in [1.29, 1.82) is 0 Å². The molecule has 1 heterocycles. The number of aromatic nitrogens is 1. The average Bonchev–Trinajstić information content (AvgIpc) is 2.76. The summed E-state index contributed by atoms with van der Waals surface area (Å²) in [6.07, 6.45) is 1.92. The predicted molar refractivity (Wildman–Crippen MR) is 78.9 cm³/mol. The lowest BCUT2D eigenvalue weighted by Gasteiger charge is -2.20. The van der Waals surface area contributed by atoms with Crippen molar-refractivity contribution < 1.29 is 0 Å². The van der Waals surface area contributed by atoms with Crippen LogP contribution < -0.4 is 5.73 Å². The number of hydrogen-bond acceptors (Lipinski definition) is 3. The fraction of sp³-hybridized carbons (Fsp3) is 0.400. The molecule has 2 rings (SSSR count). The highest BCUT2D eigenvalue weighted by molar-refractivity contribution is 7.15. The Morgan fingerprint density at radius 2 is 2.00 bits per heavy atom. The molecule has 1 aromatic carbocycles. The molecule has 0 aliphatic carbocycles. The fourth-order valence-electron chi connectivity index (χ4n) is 1.94. The van der Waals surface area contributed by atoms with Crippen LogP contribution in [-0.2, 0) is 12.0 Å². The Hall–Kier alpha value is -1.19. The second kappa shape index (κ2) is 4.82. The second-order valence-electron chi connectivity index (χ2n) is 5.60. The summed E-state index contributed by atoms with van der Waals surface area (Å²) < 4.78 is 0. The highest BCUT2D eigenvalue weighted by atomic mass is 32.1. The van der Waals surface area contributed by atoms with Gasteiger partial charge in [0.1, 0.15) is 5.01 Å². The first-order chi connectivity index (χ1) is 8.41. The van der Waals surface area contributed by atoms with Gasteiger partial charge in [-0.05, 0) is 29.0 Å². The van der Waals surface area contributed by atoms with Crippen LogP contribution in [0.4, 0.5) is 0 Å². The maximum atomic E-state index is 5.61. The van der Waals surface area contributed by atoms with Gasteiger partial charge in [-0.3, -0.25) is 0 Å². The third kappa shape index (κ3) is 2.62. The minimum absolute atomic E-state index is 0.194. The molecular formula is C15H20N2S. The molecular weight excluding hydrogens is 240 g/mol. The van der Waals surface area contributed by atoms with Crippen LogP contribution in [0.15, 0.2) is 24.4 Å². The molecule has 0 saturated carbocycles. The van der Waals surface area contributed by atoms with Crippen LogP contribution in [0.3, 0.4) is 0 Å². The van der Waals surface area contributed by atoms with Crippen LogP contribution in [0.1, 0.15) is 36.9 Å². The topological polar surface area (TPSA) is 38.9 Å². The second-order valence-corrected chi connectivity index (χ2v) is 6.72. The Labute approximate surface area is 113 Å². The minimum Gasteiger partial charge on any atom is -0.325 e. The van der Waals surface area contributed by atoms with Crippen molar-refractivity contribution in [2.75, 3.05) is 0 Å². The number of nitrogens with two attached hydrogens (primary N) is 1. The predicted octanol–water partition coefficient (Wildman–Crippen LogP) is 3.87. The van der Waals surface area contributed by atoms with Gasteiger partial charge in [0.15, 0.2) is 0 Å². The van der Waals surface area contributed by atoms with Crippen LogP contribution in [0.5, 0.6) is 0 Å². The maximum Gasteiger partial charge on any atom is 0.107 e. The molecule has 96 valence electrons. The smallest absolute Gasteiger partial charge is 0.107 e. The number of nitrogens with zero attached hydrogens (tertiary/aromatic N) is 1. The standard InChI is InChI=1S/C15H20N2S/c1-10-7-11(15(2,3)4)5-6-12(10)13-9-17-14(8-16)18-13/h5-7,9H,8,16H2,1-4H3. The molecule has 0 aliphatic rings. The van der Waals surface area contributed by atoms with Gasteiger partial charge in [-0.2, -0.15) is 0 Å². The molecule has 0 radical (unpaired) electrons. The van der Waals surface area contributed by atoms with Gasteiger partial charge in [0, 0.05) is 12.7 Å². The average molecular weight is 260 g/mol. The van der Waals surface area contributed by atoms with E-state index in [-0.39, 0.29) is 5.41 Å². The summed E-state index contributed by atoms with van der Waals surface area (Å²) in [4.78, 5) is 5.52. The Morgan fingerprint density at radius 3 is 2.50 bits per heavy atom. The lowest BCUT2D eigenvalue weighted by molar-refractivity contribution is 0.590. The molecule has 0 atom stereocenters.